The quantitative estimate of drug-likeness (QED) is 0.656. The molecule has 0 saturated carbocycles. The van der Waals surface area contributed by atoms with Crippen LogP contribution in [0.15, 0.2) is 22.7 Å². The zero-order chi connectivity index (χ0) is 13.3. The maximum absolute atomic E-state index is 11.6. The Morgan fingerprint density at radius 2 is 2.17 bits per heavy atom. The van der Waals surface area contributed by atoms with Crippen molar-refractivity contribution in [3.8, 4) is 0 Å². The van der Waals surface area contributed by atoms with Crippen LogP contribution in [0.1, 0.15) is 17.3 Å². The number of halogens is 1. The first-order valence-electron chi connectivity index (χ1n) is 5.38. The Morgan fingerprint density at radius 1 is 1.44 bits per heavy atom. The van der Waals surface area contributed by atoms with Gasteiger partial charge in [-0.15, -0.1) is 0 Å². The van der Waals surface area contributed by atoms with Crippen molar-refractivity contribution >= 4 is 39.7 Å². The zero-order valence-corrected chi connectivity index (χ0v) is 11.2. The molecule has 18 heavy (non-hydrogen) atoms. The summed E-state index contributed by atoms with van der Waals surface area (Å²) >= 11 is 3.28. The van der Waals surface area contributed by atoms with Gasteiger partial charge in [-0.2, -0.15) is 0 Å². The molecule has 1 aliphatic rings. The van der Waals surface area contributed by atoms with Gasteiger partial charge in [-0.1, -0.05) is 0 Å². The second-order valence-corrected chi connectivity index (χ2v) is 4.89. The van der Waals surface area contributed by atoms with E-state index in [2.05, 4.69) is 21.2 Å². The van der Waals surface area contributed by atoms with E-state index in [-0.39, 0.29) is 18.4 Å². The summed E-state index contributed by atoms with van der Waals surface area (Å²) in [5.74, 6) is -0.643. The van der Waals surface area contributed by atoms with Gasteiger partial charge in [0.2, 0.25) is 11.8 Å². The number of benzene rings is 1. The number of hydrogen-bond donors (Lipinski definition) is 1. The fraction of sp³-hybridized carbons (Fsp3) is 0.250. The van der Waals surface area contributed by atoms with Crippen molar-refractivity contribution in [3.63, 3.8) is 0 Å². The standard InChI is InChI=1S/C12H11BrN2O3/c1-7-12(18)14-11(17)5-15(7)9-3-2-8(6-16)10(13)4-9/h2-4,6-7H,5H2,1H3,(H,14,17,18). The minimum atomic E-state index is -0.420. The van der Waals surface area contributed by atoms with E-state index in [1.54, 1.807) is 30.0 Å². The van der Waals surface area contributed by atoms with Crippen LogP contribution in [0.5, 0.6) is 0 Å². The molecule has 2 rings (SSSR count). The molecule has 6 heteroatoms. The second kappa shape index (κ2) is 4.89. The van der Waals surface area contributed by atoms with Gasteiger partial charge in [-0.25, -0.2) is 0 Å². The average Bonchev–Trinajstić information content (AvgIpc) is 2.33. The van der Waals surface area contributed by atoms with E-state index in [1.165, 1.54) is 0 Å². The van der Waals surface area contributed by atoms with Gasteiger partial charge in [-0.3, -0.25) is 19.7 Å². The Hall–Kier alpha value is -1.69. The van der Waals surface area contributed by atoms with Gasteiger partial charge in [0, 0.05) is 15.7 Å². The van der Waals surface area contributed by atoms with Crippen molar-refractivity contribution in [2.24, 2.45) is 0 Å². The molecule has 0 spiro atoms. The number of rotatable bonds is 2. The van der Waals surface area contributed by atoms with E-state index < -0.39 is 6.04 Å². The molecule has 1 N–H and O–H groups in total. The van der Waals surface area contributed by atoms with Crippen LogP contribution in [-0.2, 0) is 9.59 Å². The third-order valence-corrected chi connectivity index (χ3v) is 3.55. The van der Waals surface area contributed by atoms with Crippen molar-refractivity contribution < 1.29 is 14.4 Å². The molecule has 0 aromatic heterocycles. The molecule has 2 amide bonds. The van der Waals surface area contributed by atoms with Crippen LogP contribution in [0.3, 0.4) is 0 Å². The Labute approximate surface area is 112 Å². The zero-order valence-electron chi connectivity index (χ0n) is 9.64. The molecule has 1 aromatic rings. The van der Waals surface area contributed by atoms with E-state index in [1.807, 2.05) is 0 Å². The fourth-order valence-electron chi connectivity index (χ4n) is 1.82. The first kappa shape index (κ1) is 12.8. The van der Waals surface area contributed by atoms with Gasteiger partial charge in [0.1, 0.15) is 6.04 Å². The number of piperazine rings is 1. The fourth-order valence-corrected chi connectivity index (χ4v) is 2.28. The third-order valence-electron chi connectivity index (χ3n) is 2.87. The van der Waals surface area contributed by atoms with Gasteiger partial charge in [0.25, 0.3) is 0 Å². The largest absolute Gasteiger partial charge is 0.350 e. The topological polar surface area (TPSA) is 66.5 Å². The summed E-state index contributed by atoms with van der Waals surface area (Å²) in [6.07, 6.45) is 0.741. The van der Waals surface area contributed by atoms with Crippen LogP contribution in [0.2, 0.25) is 0 Å². The minimum absolute atomic E-state index is 0.125. The Bertz CT molecular complexity index is 530. The van der Waals surface area contributed by atoms with Crippen molar-refractivity contribution in [3.05, 3.63) is 28.2 Å². The summed E-state index contributed by atoms with van der Waals surface area (Å²) in [5.41, 5.74) is 1.25. The molecule has 1 unspecified atom stereocenters. The maximum Gasteiger partial charge on any atom is 0.249 e. The number of imide groups is 1. The highest BCUT2D eigenvalue weighted by atomic mass is 79.9. The third kappa shape index (κ3) is 2.28. The monoisotopic (exact) mass is 310 g/mol. The number of carbonyl (C=O) groups excluding carboxylic acids is 3. The Morgan fingerprint density at radius 3 is 2.78 bits per heavy atom. The number of nitrogens with one attached hydrogen (secondary N) is 1. The lowest BCUT2D eigenvalue weighted by atomic mass is 10.1. The molecule has 94 valence electrons. The number of carbonyl (C=O) groups is 3. The molecule has 0 radical (unpaired) electrons. The molecular formula is C12H11BrN2O3. The van der Waals surface area contributed by atoms with Crippen LogP contribution < -0.4 is 10.2 Å². The van der Waals surface area contributed by atoms with Crippen LogP contribution in [0.4, 0.5) is 5.69 Å². The molecular weight excluding hydrogens is 300 g/mol. The van der Waals surface area contributed by atoms with Crippen molar-refractivity contribution in [1.29, 1.82) is 0 Å². The van der Waals surface area contributed by atoms with Crippen molar-refractivity contribution in [2.45, 2.75) is 13.0 Å². The second-order valence-electron chi connectivity index (χ2n) is 4.04. The van der Waals surface area contributed by atoms with Gasteiger partial charge in [0.15, 0.2) is 6.29 Å². The molecule has 1 saturated heterocycles. The lowest BCUT2D eigenvalue weighted by molar-refractivity contribution is -0.132. The van der Waals surface area contributed by atoms with Gasteiger partial charge >= 0.3 is 0 Å². The maximum atomic E-state index is 11.6. The minimum Gasteiger partial charge on any atom is -0.350 e. The Balaban J connectivity index is 2.35. The molecule has 1 heterocycles. The number of nitrogens with zero attached hydrogens (tertiary/aromatic N) is 1. The number of hydrogen-bond acceptors (Lipinski definition) is 4. The summed E-state index contributed by atoms with van der Waals surface area (Å²) < 4.78 is 0.639. The molecule has 1 fully saturated rings. The lowest BCUT2D eigenvalue weighted by Gasteiger charge is -2.33. The van der Waals surface area contributed by atoms with Gasteiger partial charge < -0.3 is 4.90 Å². The molecule has 0 aliphatic carbocycles. The Kier molecular flexibility index (Phi) is 3.47. The lowest BCUT2D eigenvalue weighted by Crippen LogP contribution is -2.57. The van der Waals surface area contributed by atoms with Crippen LogP contribution in [0, 0.1) is 0 Å². The number of aldehydes is 1. The van der Waals surface area contributed by atoms with E-state index in [0.29, 0.717) is 10.0 Å². The van der Waals surface area contributed by atoms with E-state index in [9.17, 15) is 14.4 Å². The van der Waals surface area contributed by atoms with Crippen molar-refractivity contribution in [2.75, 3.05) is 11.4 Å². The normalized spacial score (nSPS) is 19.7. The number of anilines is 1. The summed E-state index contributed by atoms with van der Waals surface area (Å²) in [6.45, 7) is 1.85. The average molecular weight is 311 g/mol. The molecule has 1 aromatic carbocycles. The first-order valence-corrected chi connectivity index (χ1v) is 6.17. The van der Waals surface area contributed by atoms with E-state index >= 15 is 0 Å². The molecule has 0 bridgehead atoms. The predicted molar refractivity (Wildman–Crippen MR) is 69.5 cm³/mol. The summed E-state index contributed by atoms with van der Waals surface area (Å²) in [7, 11) is 0. The summed E-state index contributed by atoms with van der Waals surface area (Å²) in [4.78, 5) is 35.3. The van der Waals surface area contributed by atoms with E-state index in [0.717, 1.165) is 12.0 Å². The van der Waals surface area contributed by atoms with Crippen LogP contribution >= 0.6 is 15.9 Å². The predicted octanol–water partition coefficient (Wildman–Crippen LogP) is 1.11. The summed E-state index contributed by atoms with van der Waals surface area (Å²) in [6, 6.07) is 4.68. The molecule has 5 nitrogen and oxygen atoms in total. The van der Waals surface area contributed by atoms with Crippen LogP contribution in [-0.4, -0.2) is 30.7 Å². The van der Waals surface area contributed by atoms with E-state index in [4.69, 9.17) is 0 Å². The SMILES string of the molecule is CC1C(=O)NC(=O)CN1c1ccc(C=O)c(Br)c1. The van der Waals surface area contributed by atoms with Gasteiger partial charge in [0.05, 0.1) is 6.54 Å². The smallest absolute Gasteiger partial charge is 0.249 e. The van der Waals surface area contributed by atoms with Crippen molar-refractivity contribution in [1.82, 2.24) is 5.32 Å². The first-order chi connectivity index (χ1) is 8.52. The highest BCUT2D eigenvalue weighted by Crippen LogP contribution is 2.25. The summed E-state index contributed by atoms with van der Waals surface area (Å²) in [5, 5.41) is 2.28. The molecule has 1 aliphatic heterocycles. The number of amides is 2. The van der Waals surface area contributed by atoms with Gasteiger partial charge in [-0.05, 0) is 41.1 Å². The highest BCUT2D eigenvalue weighted by molar-refractivity contribution is 9.10. The van der Waals surface area contributed by atoms with Crippen LogP contribution in [0.25, 0.3) is 0 Å². The molecule has 1 atom stereocenters. The highest BCUT2D eigenvalue weighted by Gasteiger charge is 2.30.